The summed E-state index contributed by atoms with van der Waals surface area (Å²) in [6.45, 7) is 13.7. The van der Waals surface area contributed by atoms with Crippen molar-refractivity contribution in [3.8, 4) is 0 Å². The highest BCUT2D eigenvalue weighted by Gasteiger charge is 1.81. The zero-order chi connectivity index (χ0) is 18.5. The van der Waals surface area contributed by atoms with Crippen LogP contribution in [0.25, 0.3) is 0 Å². The predicted octanol–water partition coefficient (Wildman–Crippen LogP) is -1.24. The van der Waals surface area contributed by atoms with Crippen molar-refractivity contribution in [2.45, 2.75) is 33.1 Å². The van der Waals surface area contributed by atoms with Gasteiger partial charge in [-0.3, -0.25) is 14.9 Å². The minimum Gasteiger partial charge on any atom is -0.381 e. The van der Waals surface area contributed by atoms with Crippen LogP contribution in [0.5, 0.6) is 0 Å². The summed E-state index contributed by atoms with van der Waals surface area (Å²) in [5.41, 5.74) is 14.8. The van der Waals surface area contributed by atoms with E-state index in [2.05, 4.69) is 38.1 Å². The summed E-state index contributed by atoms with van der Waals surface area (Å²) in [4.78, 5) is 13.5. The van der Waals surface area contributed by atoms with Crippen molar-refractivity contribution in [3.05, 3.63) is 0 Å². The molecule has 8 nitrogen and oxygen atoms in total. The van der Waals surface area contributed by atoms with Crippen LogP contribution < -0.4 is 27.8 Å². The number of hydrogen-bond acceptors (Lipinski definition) is 6. The Morgan fingerprint density at radius 3 is 1.55 bits per heavy atom. The molecule has 0 aromatic heterocycles. The minimum atomic E-state index is 0.0250. The number of nitrogens with two attached hydrogens (primary N) is 3. The molecule has 0 aromatic carbocycles. The van der Waals surface area contributed by atoms with E-state index in [4.69, 9.17) is 31.9 Å². The van der Waals surface area contributed by atoms with E-state index in [9.17, 15) is 0 Å². The molecule has 22 heavy (non-hydrogen) atoms. The zero-order valence-electron chi connectivity index (χ0n) is 14.6. The highest BCUT2D eigenvalue weighted by Crippen LogP contribution is 1.90. The van der Waals surface area contributed by atoms with E-state index in [1.807, 2.05) is 0 Å². The predicted molar refractivity (Wildman–Crippen MR) is 98.4 cm³/mol. The van der Waals surface area contributed by atoms with Crippen molar-refractivity contribution in [3.63, 3.8) is 0 Å². The molecule has 0 amide bonds. The minimum absolute atomic E-state index is 0.0250. The second-order valence-electron chi connectivity index (χ2n) is 3.58. The third kappa shape index (κ3) is 95.4. The Morgan fingerprint density at radius 1 is 0.818 bits per heavy atom. The molecule has 8 heteroatoms. The molecule has 0 atom stereocenters. The molecule has 0 saturated carbocycles. The van der Waals surface area contributed by atoms with Crippen molar-refractivity contribution in [2.24, 2.45) is 17.2 Å². The number of aliphatic hydroxyl groups excluding tert-OH is 1. The Morgan fingerprint density at radius 2 is 1.32 bits per heavy atom. The Bertz CT molecular complexity index is 121. The number of aliphatic hydroxyl groups is 1. The average molecular weight is 328 g/mol. The van der Waals surface area contributed by atoms with Gasteiger partial charge in [-0.1, -0.05) is 26.7 Å². The molecule has 0 bridgehead atoms. The number of nitrogens with one attached hydrogen (secondary N) is 2. The third-order valence-corrected chi connectivity index (χ3v) is 1.81. The van der Waals surface area contributed by atoms with Gasteiger partial charge < -0.3 is 27.6 Å². The first-order valence-corrected chi connectivity index (χ1v) is 7.50. The van der Waals surface area contributed by atoms with Crippen LogP contribution in [-0.4, -0.2) is 74.3 Å². The molecule has 0 aliphatic rings. The van der Waals surface area contributed by atoms with Gasteiger partial charge in [0.2, 0.25) is 0 Å². The van der Waals surface area contributed by atoms with Gasteiger partial charge >= 0.3 is 0 Å². The second kappa shape index (κ2) is 59.5. The first-order valence-electron chi connectivity index (χ1n) is 7.50. The Balaban J connectivity index is -0.0000000612. The van der Waals surface area contributed by atoms with E-state index < -0.39 is 0 Å². The van der Waals surface area contributed by atoms with Crippen molar-refractivity contribution in [1.82, 2.24) is 10.6 Å². The van der Waals surface area contributed by atoms with Gasteiger partial charge in [-0.15, -0.1) is 0 Å². The van der Waals surface area contributed by atoms with Gasteiger partial charge in [0.15, 0.2) is 0 Å². The number of rotatable bonds is 9. The Labute approximate surface area is 136 Å². The van der Waals surface area contributed by atoms with Gasteiger partial charge in [0.05, 0.1) is 6.73 Å². The molecule has 0 spiro atoms. The van der Waals surface area contributed by atoms with Gasteiger partial charge in [-0.05, 0) is 19.5 Å². The molecular weight excluding hydrogens is 286 g/mol. The first kappa shape index (κ1) is 32.9. The van der Waals surface area contributed by atoms with Crippen molar-refractivity contribution >= 4 is 13.6 Å². The fourth-order valence-corrected chi connectivity index (χ4v) is 0.858. The summed E-state index contributed by atoms with van der Waals surface area (Å²) in [6, 6.07) is 0. The van der Waals surface area contributed by atoms with Crippen LogP contribution in [0.3, 0.4) is 0 Å². The van der Waals surface area contributed by atoms with Gasteiger partial charge in [0.1, 0.15) is 0 Å². The van der Waals surface area contributed by atoms with Crippen molar-refractivity contribution in [2.75, 3.05) is 46.0 Å². The highest BCUT2D eigenvalue weighted by molar-refractivity contribution is 5.12. The van der Waals surface area contributed by atoms with Gasteiger partial charge in [0.25, 0.3) is 13.6 Å². The molecule has 0 rings (SSSR count). The van der Waals surface area contributed by atoms with Crippen LogP contribution in [0, 0.1) is 0 Å². The SMILES string of the molecule is C=[OH+].C=[OH+].CCCCCNCC.NCCN.NCCNCO. The largest absolute Gasteiger partial charge is 0.381 e. The molecule has 0 aromatic rings. The Kier molecular flexibility index (Phi) is 89.0. The lowest BCUT2D eigenvalue weighted by Crippen LogP contribution is -2.22. The van der Waals surface area contributed by atoms with Crippen LogP contribution in [0.2, 0.25) is 0 Å². The number of unbranched alkanes of at least 4 members (excludes halogenated alkanes) is 2. The number of carbonyl (C=O) groups excluding carboxylic acids is 2. The maximum Gasteiger partial charge on any atom is 0.270 e. The van der Waals surface area contributed by atoms with Crippen LogP contribution >= 0.6 is 0 Å². The quantitative estimate of drug-likeness (QED) is 0.176. The summed E-state index contributed by atoms with van der Waals surface area (Å²) in [7, 11) is 0. The van der Waals surface area contributed by atoms with Gasteiger partial charge in [-0.2, -0.15) is 0 Å². The highest BCUT2D eigenvalue weighted by atomic mass is 16.3. The lowest BCUT2D eigenvalue weighted by Gasteiger charge is -1.97. The maximum absolute atomic E-state index is 8.03. The van der Waals surface area contributed by atoms with Crippen LogP contribution in [0.15, 0.2) is 0 Å². The smallest absolute Gasteiger partial charge is 0.270 e. The van der Waals surface area contributed by atoms with E-state index in [0.29, 0.717) is 26.2 Å². The van der Waals surface area contributed by atoms with E-state index in [1.165, 1.54) is 25.8 Å². The van der Waals surface area contributed by atoms with Crippen molar-refractivity contribution < 1.29 is 14.7 Å². The summed E-state index contributed by atoms with van der Waals surface area (Å²) >= 11 is 0. The van der Waals surface area contributed by atoms with E-state index in [0.717, 1.165) is 6.54 Å². The Hall–Kier alpha value is -0.900. The molecule has 0 radical (unpaired) electrons. The summed E-state index contributed by atoms with van der Waals surface area (Å²) in [5.74, 6) is 0. The molecular formula is C14H41N5O3+2. The molecule has 0 aliphatic heterocycles. The fourth-order valence-electron chi connectivity index (χ4n) is 0.858. The fraction of sp³-hybridized carbons (Fsp3) is 0.857. The van der Waals surface area contributed by atoms with Crippen LogP contribution in [0.1, 0.15) is 33.1 Å². The summed E-state index contributed by atoms with van der Waals surface area (Å²) < 4.78 is 0. The normalized spacial score (nSPS) is 7.73. The molecule has 0 saturated heterocycles. The molecule has 0 heterocycles. The van der Waals surface area contributed by atoms with E-state index in [-0.39, 0.29) is 6.73 Å². The zero-order valence-corrected chi connectivity index (χ0v) is 14.6. The molecule has 0 aliphatic carbocycles. The lowest BCUT2D eigenvalue weighted by atomic mass is 10.2. The second-order valence-corrected chi connectivity index (χ2v) is 3.58. The maximum atomic E-state index is 8.03. The summed E-state index contributed by atoms with van der Waals surface area (Å²) in [6.07, 6.45) is 4.03. The van der Waals surface area contributed by atoms with Crippen LogP contribution in [-0.2, 0) is 0 Å². The third-order valence-electron chi connectivity index (χ3n) is 1.81. The average Bonchev–Trinajstić information content (AvgIpc) is 2.61. The standard InChI is InChI=1S/C7H17N.C3H10N2O.C2H8N2.2CH2O/c1-3-5-6-7-8-4-2;4-1-2-5-3-6;3-1-2-4;2*1-2/h8H,3-7H2,1-2H3;5-6H,1-4H2;1-4H2;2*1H2/p+2. The molecule has 138 valence electrons. The topological polar surface area (TPSA) is 165 Å². The number of hydrogen-bond donors (Lipinski definition) is 6. The van der Waals surface area contributed by atoms with E-state index >= 15 is 0 Å². The van der Waals surface area contributed by atoms with E-state index in [1.54, 1.807) is 0 Å². The van der Waals surface area contributed by atoms with Gasteiger partial charge in [-0.25, -0.2) is 0 Å². The van der Waals surface area contributed by atoms with Crippen LogP contribution in [0.4, 0.5) is 0 Å². The lowest BCUT2D eigenvalue weighted by molar-refractivity contribution is 0.263. The summed E-state index contributed by atoms with van der Waals surface area (Å²) in [5, 5.41) is 13.9. The molecule has 0 fully saturated rings. The van der Waals surface area contributed by atoms with Crippen molar-refractivity contribution in [1.29, 1.82) is 0 Å². The monoisotopic (exact) mass is 327 g/mol. The van der Waals surface area contributed by atoms with Gasteiger partial charge in [0, 0.05) is 26.2 Å². The molecule has 0 unspecified atom stereocenters. The first-order chi connectivity index (χ1) is 10.7. The molecule has 11 N–H and O–H groups in total.